The van der Waals surface area contributed by atoms with Gasteiger partial charge in [-0.2, -0.15) is 0 Å². The molecule has 0 bridgehead atoms. The number of hydrogen-bond acceptors (Lipinski definition) is 6. The van der Waals surface area contributed by atoms with Crippen molar-refractivity contribution in [2.24, 2.45) is 11.8 Å². The van der Waals surface area contributed by atoms with Crippen molar-refractivity contribution in [3.63, 3.8) is 0 Å². The van der Waals surface area contributed by atoms with E-state index < -0.39 is 35.7 Å². The van der Waals surface area contributed by atoms with Crippen LogP contribution in [0.15, 0.2) is 24.3 Å². The fourth-order valence-electron chi connectivity index (χ4n) is 5.09. The second-order valence-electron chi connectivity index (χ2n) is 9.30. The molecule has 0 aliphatic carbocycles. The lowest BCUT2D eigenvalue weighted by molar-refractivity contribution is 0.0374. The summed E-state index contributed by atoms with van der Waals surface area (Å²) in [6.45, 7) is 6.88. The van der Waals surface area contributed by atoms with Gasteiger partial charge in [-0.15, -0.1) is 0 Å². The third-order valence-electron chi connectivity index (χ3n) is 7.60. The van der Waals surface area contributed by atoms with Crippen molar-refractivity contribution in [1.82, 2.24) is 9.80 Å². The van der Waals surface area contributed by atoms with E-state index in [-0.39, 0.29) is 47.3 Å². The van der Waals surface area contributed by atoms with Crippen molar-refractivity contribution in [2.45, 2.75) is 52.6 Å². The summed E-state index contributed by atoms with van der Waals surface area (Å²) in [5.41, 5.74) is 0.913. The molecule has 0 fully saturated rings. The minimum atomic E-state index is -0.681. The topological polar surface area (TPSA) is 115 Å². The molecule has 2 N–H and O–H groups in total. The van der Waals surface area contributed by atoms with Crippen LogP contribution < -0.4 is 0 Å². The highest BCUT2D eigenvalue weighted by Crippen LogP contribution is 2.39. The van der Waals surface area contributed by atoms with Crippen LogP contribution in [0.3, 0.4) is 0 Å². The molecule has 2 aliphatic rings. The molecule has 4 rings (SSSR count). The lowest BCUT2D eigenvalue weighted by atomic mass is 9.84. The number of aliphatic hydroxyl groups excluding tert-OH is 2. The minimum Gasteiger partial charge on any atom is -0.394 e. The van der Waals surface area contributed by atoms with Crippen molar-refractivity contribution < 1.29 is 29.4 Å². The molecular weight excluding hydrogens is 436 g/mol. The number of carbonyl (C=O) groups excluding carboxylic acids is 4. The van der Waals surface area contributed by atoms with E-state index in [1.165, 1.54) is 24.3 Å². The number of amides is 4. The van der Waals surface area contributed by atoms with Gasteiger partial charge in [0.1, 0.15) is 0 Å². The van der Waals surface area contributed by atoms with Crippen molar-refractivity contribution in [3.8, 4) is 0 Å². The van der Waals surface area contributed by atoms with Crippen LogP contribution in [0.5, 0.6) is 0 Å². The number of rotatable bonds is 8. The number of nitrogens with zero attached hydrogens (tertiary/aromatic N) is 2. The third kappa shape index (κ3) is 3.27. The summed E-state index contributed by atoms with van der Waals surface area (Å²) in [5, 5.41) is 20.5. The third-order valence-corrected chi connectivity index (χ3v) is 7.60. The molecule has 0 saturated heterocycles. The second-order valence-corrected chi connectivity index (χ2v) is 9.30. The van der Waals surface area contributed by atoms with Crippen molar-refractivity contribution in [1.29, 1.82) is 0 Å². The number of imide groups is 2. The molecule has 4 amide bonds. The van der Waals surface area contributed by atoms with Crippen LogP contribution in [0, 0.1) is 11.8 Å². The Labute approximate surface area is 198 Å². The monoisotopic (exact) mass is 466 g/mol. The van der Waals surface area contributed by atoms with Gasteiger partial charge in [0.15, 0.2) is 0 Å². The summed E-state index contributed by atoms with van der Waals surface area (Å²) in [6, 6.07) is 4.70. The first kappa shape index (κ1) is 24.0. The van der Waals surface area contributed by atoms with Gasteiger partial charge in [0, 0.05) is 33.0 Å². The maximum Gasteiger partial charge on any atom is 0.261 e. The summed E-state index contributed by atoms with van der Waals surface area (Å²) in [4.78, 5) is 56.0. The van der Waals surface area contributed by atoms with Crippen LogP contribution in [-0.2, 0) is 0 Å². The Bertz CT molecular complexity index is 1040. The highest BCUT2D eigenvalue weighted by Gasteiger charge is 2.44. The highest BCUT2D eigenvalue weighted by molar-refractivity contribution is 6.33. The van der Waals surface area contributed by atoms with E-state index in [1.807, 2.05) is 27.7 Å². The maximum atomic E-state index is 13.5. The molecule has 0 saturated carbocycles. The quantitative estimate of drug-likeness (QED) is 0.578. The second kappa shape index (κ2) is 8.92. The lowest BCUT2D eigenvalue weighted by Crippen LogP contribution is -2.53. The standard InChI is InChI=1S/C26H30N2O6/c1-5-13(3)19(11-29)27-23(31)15-7-9-17-22-18(10-8-16(21(15)22)24(27)32)26(34)28(25(17)33)20(12-30)14(4)6-2/h7-10,13-14,19-20,29-30H,5-6,11-12H2,1-4H3. The average molecular weight is 467 g/mol. The Morgan fingerprint density at radius 2 is 0.882 bits per heavy atom. The Kier molecular flexibility index (Phi) is 6.31. The van der Waals surface area contributed by atoms with E-state index in [4.69, 9.17) is 0 Å². The molecule has 2 aliphatic heterocycles. The van der Waals surface area contributed by atoms with Crippen molar-refractivity contribution in [2.75, 3.05) is 13.2 Å². The Hall–Kier alpha value is -3.10. The average Bonchev–Trinajstić information content (AvgIpc) is 2.85. The summed E-state index contributed by atoms with van der Waals surface area (Å²) >= 11 is 0. The van der Waals surface area contributed by atoms with Gasteiger partial charge < -0.3 is 10.2 Å². The molecule has 8 nitrogen and oxygen atoms in total. The highest BCUT2D eigenvalue weighted by atomic mass is 16.3. The summed E-state index contributed by atoms with van der Waals surface area (Å²) < 4.78 is 0. The fourth-order valence-corrected chi connectivity index (χ4v) is 5.09. The number of benzene rings is 2. The van der Waals surface area contributed by atoms with E-state index >= 15 is 0 Å². The van der Waals surface area contributed by atoms with Crippen LogP contribution in [0.1, 0.15) is 82.0 Å². The normalized spacial score (nSPS) is 19.0. The van der Waals surface area contributed by atoms with Gasteiger partial charge in [-0.05, 0) is 36.1 Å². The van der Waals surface area contributed by atoms with Gasteiger partial charge in [-0.25, -0.2) is 0 Å². The van der Waals surface area contributed by atoms with Gasteiger partial charge in [-0.1, -0.05) is 40.5 Å². The Morgan fingerprint density at radius 3 is 1.09 bits per heavy atom. The largest absolute Gasteiger partial charge is 0.394 e. The first-order chi connectivity index (χ1) is 16.2. The Morgan fingerprint density at radius 1 is 0.618 bits per heavy atom. The van der Waals surface area contributed by atoms with E-state index in [0.717, 1.165) is 9.80 Å². The molecule has 2 aromatic rings. The minimum absolute atomic E-state index is 0.111. The predicted octanol–water partition coefficient (Wildman–Crippen LogP) is 2.85. The molecule has 0 spiro atoms. The smallest absolute Gasteiger partial charge is 0.261 e. The molecule has 2 aromatic carbocycles. The molecule has 0 radical (unpaired) electrons. The van der Waals surface area contributed by atoms with E-state index in [0.29, 0.717) is 23.6 Å². The zero-order chi connectivity index (χ0) is 24.9. The van der Waals surface area contributed by atoms with Crippen LogP contribution in [-0.4, -0.2) is 68.9 Å². The predicted molar refractivity (Wildman–Crippen MR) is 126 cm³/mol. The number of carbonyl (C=O) groups is 4. The molecule has 0 aromatic heterocycles. The van der Waals surface area contributed by atoms with Crippen molar-refractivity contribution >= 4 is 34.4 Å². The lowest BCUT2D eigenvalue weighted by Gasteiger charge is -2.38. The molecule has 4 atom stereocenters. The van der Waals surface area contributed by atoms with Gasteiger partial charge in [-0.3, -0.25) is 29.0 Å². The van der Waals surface area contributed by atoms with Gasteiger partial charge in [0.2, 0.25) is 0 Å². The fraction of sp³-hybridized carbons (Fsp3) is 0.462. The van der Waals surface area contributed by atoms with Gasteiger partial charge >= 0.3 is 0 Å². The van der Waals surface area contributed by atoms with Gasteiger partial charge in [0.25, 0.3) is 23.6 Å². The van der Waals surface area contributed by atoms with Crippen molar-refractivity contribution in [3.05, 3.63) is 46.5 Å². The molecule has 2 heterocycles. The van der Waals surface area contributed by atoms with Crippen LogP contribution in [0.4, 0.5) is 0 Å². The molecular formula is C26H30N2O6. The summed E-state index contributed by atoms with van der Waals surface area (Å²) in [6.07, 6.45) is 1.34. The van der Waals surface area contributed by atoms with Crippen LogP contribution in [0.2, 0.25) is 0 Å². The van der Waals surface area contributed by atoms with E-state index in [1.54, 1.807) is 0 Å². The summed E-state index contributed by atoms with van der Waals surface area (Å²) in [5.74, 6) is -2.40. The molecule has 34 heavy (non-hydrogen) atoms. The zero-order valence-electron chi connectivity index (χ0n) is 19.9. The van der Waals surface area contributed by atoms with Gasteiger partial charge in [0.05, 0.1) is 25.3 Å². The SMILES string of the molecule is CCC(C)C(CO)N1C(=O)c2ccc3c4c(ccc(c24)C1=O)C(=O)N(C(CO)C(C)CC)C3=O. The maximum absolute atomic E-state index is 13.5. The van der Waals surface area contributed by atoms with E-state index in [2.05, 4.69) is 0 Å². The van der Waals surface area contributed by atoms with Crippen LogP contribution >= 0.6 is 0 Å². The van der Waals surface area contributed by atoms with E-state index in [9.17, 15) is 29.4 Å². The molecule has 8 heteroatoms. The first-order valence-electron chi connectivity index (χ1n) is 11.8. The number of aliphatic hydroxyl groups is 2. The molecule has 180 valence electrons. The zero-order valence-corrected chi connectivity index (χ0v) is 19.9. The van der Waals surface area contributed by atoms with Crippen LogP contribution in [0.25, 0.3) is 10.8 Å². The first-order valence-corrected chi connectivity index (χ1v) is 11.8. The molecule has 4 unspecified atom stereocenters. The number of hydrogen-bond donors (Lipinski definition) is 2. The Balaban J connectivity index is 1.91. The summed E-state index contributed by atoms with van der Waals surface area (Å²) in [7, 11) is 0.